The fraction of sp³-hybridized carbons (Fsp3) is 0.533. The van der Waals surface area contributed by atoms with Gasteiger partial charge in [0, 0.05) is 11.8 Å². The van der Waals surface area contributed by atoms with Gasteiger partial charge in [-0.3, -0.25) is 0 Å². The van der Waals surface area contributed by atoms with E-state index in [0.29, 0.717) is 11.4 Å². The van der Waals surface area contributed by atoms with Crippen LogP contribution in [-0.4, -0.2) is 18.7 Å². The van der Waals surface area contributed by atoms with Gasteiger partial charge in [-0.15, -0.1) is 0 Å². The van der Waals surface area contributed by atoms with Crippen LogP contribution in [-0.2, 0) is 9.53 Å². The summed E-state index contributed by atoms with van der Waals surface area (Å²) >= 11 is 0. The third-order valence-corrected chi connectivity index (χ3v) is 3.32. The Hall–Kier alpha value is -1.71. The van der Waals surface area contributed by atoms with Crippen LogP contribution in [0.5, 0.6) is 5.75 Å². The molecule has 0 bridgehead atoms. The molecule has 0 amide bonds. The van der Waals surface area contributed by atoms with Crippen molar-refractivity contribution in [1.82, 2.24) is 0 Å². The first-order valence-electron chi connectivity index (χ1n) is 6.92. The summed E-state index contributed by atoms with van der Waals surface area (Å²) in [7, 11) is 0. The Bertz CT molecular complexity index is 412. The molecule has 1 saturated carbocycles. The maximum atomic E-state index is 11.7. The highest BCUT2D eigenvalue weighted by Crippen LogP contribution is 2.20. The van der Waals surface area contributed by atoms with E-state index in [9.17, 15) is 4.79 Å². The molecule has 19 heavy (non-hydrogen) atoms. The molecule has 1 aliphatic carbocycles. The lowest BCUT2D eigenvalue weighted by Crippen LogP contribution is -2.22. The van der Waals surface area contributed by atoms with Crippen molar-refractivity contribution >= 4 is 11.7 Å². The predicted molar refractivity (Wildman–Crippen MR) is 73.9 cm³/mol. The lowest BCUT2D eigenvalue weighted by molar-refractivity contribution is -0.152. The van der Waals surface area contributed by atoms with Crippen molar-refractivity contribution in [3.8, 4) is 5.75 Å². The highest BCUT2D eigenvalue weighted by molar-refractivity contribution is 5.71. The van der Waals surface area contributed by atoms with Crippen LogP contribution in [0.25, 0.3) is 0 Å². The molecule has 0 spiro atoms. The number of carbonyl (C=O) groups is 1. The Morgan fingerprint density at radius 1 is 1.21 bits per heavy atom. The minimum Gasteiger partial charge on any atom is -0.482 e. The number of esters is 1. The predicted octanol–water partition coefficient (Wildman–Crippen LogP) is 2.91. The van der Waals surface area contributed by atoms with Crippen molar-refractivity contribution < 1.29 is 14.3 Å². The van der Waals surface area contributed by atoms with Crippen LogP contribution >= 0.6 is 0 Å². The minimum atomic E-state index is -0.297. The third kappa shape index (κ3) is 4.81. The molecule has 4 heteroatoms. The largest absolute Gasteiger partial charge is 0.482 e. The van der Waals surface area contributed by atoms with Crippen LogP contribution in [0, 0.1) is 0 Å². The molecule has 0 heterocycles. The number of nitrogens with two attached hydrogens (primary N) is 1. The van der Waals surface area contributed by atoms with Crippen molar-refractivity contribution in [2.75, 3.05) is 12.3 Å². The summed E-state index contributed by atoms with van der Waals surface area (Å²) in [6, 6.07) is 7.03. The Morgan fingerprint density at radius 3 is 2.63 bits per heavy atom. The second kappa shape index (κ2) is 7.02. The second-order valence-electron chi connectivity index (χ2n) is 4.96. The summed E-state index contributed by atoms with van der Waals surface area (Å²) < 4.78 is 10.8. The fourth-order valence-electron chi connectivity index (χ4n) is 2.33. The van der Waals surface area contributed by atoms with Gasteiger partial charge in [0.25, 0.3) is 0 Å². The summed E-state index contributed by atoms with van der Waals surface area (Å²) in [6.45, 7) is -0.0556. The summed E-state index contributed by atoms with van der Waals surface area (Å²) in [5, 5.41) is 0. The van der Waals surface area contributed by atoms with Crippen molar-refractivity contribution in [2.45, 2.75) is 44.6 Å². The van der Waals surface area contributed by atoms with E-state index in [0.717, 1.165) is 25.7 Å². The highest BCUT2D eigenvalue weighted by atomic mass is 16.6. The van der Waals surface area contributed by atoms with Gasteiger partial charge in [-0.05, 0) is 37.8 Å². The van der Waals surface area contributed by atoms with E-state index in [2.05, 4.69) is 0 Å². The lowest BCUT2D eigenvalue weighted by Gasteiger charge is -2.15. The zero-order valence-corrected chi connectivity index (χ0v) is 11.1. The zero-order chi connectivity index (χ0) is 13.5. The molecule has 1 aromatic carbocycles. The normalized spacial score (nSPS) is 16.6. The molecule has 104 valence electrons. The first-order valence-corrected chi connectivity index (χ1v) is 6.92. The van der Waals surface area contributed by atoms with E-state index in [1.54, 1.807) is 24.3 Å². The highest BCUT2D eigenvalue weighted by Gasteiger charge is 2.16. The molecule has 2 rings (SSSR count). The topological polar surface area (TPSA) is 61.5 Å². The van der Waals surface area contributed by atoms with Gasteiger partial charge in [0.1, 0.15) is 11.9 Å². The third-order valence-electron chi connectivity index (χ3n) is 3.32. The molecule has 1 fully saturated rings. The molecular weight excluding hydrogens is 242 g/mol. The maximum Gasteiger partial charge on any atom is 0.344 e. The minimum absolute atomic E-state index is 0.0556. The maximum absolute atomic E-state index is 11.7. The zero-order valence-electron chi connectivity index (χ0n) is 11.1. The Morgan fingerprint density at radius 2 is 1.95 bits per heavy atom. The molecule has 0 saturated heterocycles. The van der Waals surface area contributed by atoms with E-state index in [1.807, 2.05) is 0 Å². The van der Waals surface area contributed by atoms with Crippen LogP contribution in [0.1, 0.15) is 38.5 Å². The van der Waals surface area contributed by atoms with Crippen LogP contribution in [0.2, 0.25) is 0 Å². The summed E-state index contributed by atoms with van der Waals surface area (Å²) in [4.78, 5) is 11.7. The van der Waals surface area contributed by atoms with Gasteiger partial charge >= 0.3 is 5.97 Å². The van der Waals surface area contributed by atoms with Gasteiger partial charge in [0.15, 0.2) is 6.61 Å². The van der Waals surface area contributed by atoms with Crippen LogP contribution in [0.3, 0.4) is 0 Å². The van der Waals surface area contributed by atoms with Crippen molar-refractivity contribution in [2.24, 2.45) is 0 Å². The smallest absolute Gasteiger partial charge is 0.344 e. The van der Waals surface area contributed by atoms with Gasteiger partial charge in [0.05, 0.1) is 0 Å². The summed E-state index contributed by atoms with van der Waals surface area (Å²) in [5.74, 6) is 0.298. The average Bonchev–Trinajstić information content (AvgIpc) is 2.65. The van der Waals surface area contributed by atoms with Gasteiger partial charge in [-0.2, -0.15) is 0 Å². The molecule has 4 nitrogen and oxygen atoms in total. The quantitative estimate of drug-likeness (QED) is 0.515. The molecule has 2 N–H and O–H groups in total. The van der Waals surface area contributed by atoms with Gasteiger partial charge in [-0.25, -0.2) is 4.79 Å². The average molecular weight is 263 g/mol. The molecule has 0 unspecified atom stereocenters. The number of benzene rings is 1. The van der Waals surface area contributed by atoms with E-state index >= 15 is 0 Å². The monoisotopic (exact) mass is 263 g/mol. The van der Waals surface area contributed by atoms with Crippen LogP contribution in [0.15, 0.2) is 24.3 Å². The number of ether oxygens (including phenoxy) is 2. The summed E-state index contributed by atoms with van der Waals surface area (Å²) in [5.41, 5.74) is 6.26. The number of nitrogen functional groups attached to an aromatic ring is 1. The molecule has 0 atom stereocenters. The van der Waals surface area contributed by atoms with Crippen molar-refractivity contribution in [1.29, 1.82) is 0 Å². The number of anilines is 1. The number of hydrogen-bond donors (Lipinski definition) is 1. The SMILES string of the molecule is Nc1cccc(OCC(=O)OC2CCCCCC2)c1. The standard InChI is InChI=1S/C15H21NO3/c16-12-6-5-9-14(10-12)18-11-15(17)19-13-7-3-1-2-4-8-13/h5-6,9-10,13H,1-4,7-8,11,16H2. The number of hydrogen-bond acceptors (Lipinski definition) is 4. The number of rotatable bonds is 4. The molecule has 1 aromatic rings. The van der Waals surface area contributed by atoms with Gasteiger partial charge in [-0.1, -0.05) is 18.9 Å². The first-order chi connectivity index (χ1) is 9.24. The Balaban J connectivity index is 1.74. The number of carbonyl (C=O) groups excluding carboxylic acids is 1. The summed E-state index contributed by atoms with van der Waals surface area (Å²) in [6.07, 6.45) is 6.80. The van der Waals surface area contributed by atoms with E-state index < -0.39 is 0 Å². The van der Waals surface area contributed by atoms with E-state index in [-0.39, 0.29) is 18.7 Å². The van der Waals surface area contributed by atoms with E-state index in [1.165, 1.54) is 12.8 Å². The van der Waals surface area contributed by atoms with Gasteiger partial charge in [0.2, 0.25) is 0 Å². The lowest BCUT2D eigenvalue weighted by atomic mass is 10.1. The molecule has 1 aliphatic rings. The van der Waals surface area contributed by atoms with Crippen molar-refractivity contribution in [3.63, 3.8) is 0 Å². The second-order valence-corrected chi connectivity index (χ2v) is 4.96. The Kier molecular flexibility index (Phi) is 5.07. The van der Waals surface area contributed by atoms with E-state index in [4.69, 9.17) is 15.2 Å². The molecule has 0 radical (unpaired) electrons. The first kappa shape index (κ1) is 13.7. The fourth-order valence-corrected chi connectivity index (χ4v) is 2.33. The Labute approximate surface area is 113 Å². The molecule has 0 aromatic heterocycles. The molecular formula is C15H21NO3. The van der Waals surface area contributed by atoms with Crippen LogP contribution < -0.4 is 10.5 Å². The van der Waals surface area contributed by atoms with Crippen LogP contribution in [0.4, 0.5) is 5.69 Å². The van der Waals surface area contributed by atoms with Crippen molar-refractivity contribution in [3.05, 3.63) is 24.3 Å². The van der Waals surface area contributed by atoms with Gasteiger partial charge < -0.3 is 15.2 Å². The molecule has 0 aliphatic heterocycles.